The highest BCUT2D eigenvalue weighted by molar-refractivity contribution is 7.14. The molecule has 0 amide bonds. The molecule has 2 rings (SSSR count). The number of nitrogens with two attached hydrogens (primary N) is 1. The van der Waals surface area contributed by atoms with Crippen LogP contribution in [-0.2, 0) is 7.05 Å². The molecule has 2 aromatic heterocycles. The van der Waals surface area contributed by atoms with Gasteiger partial charge in [-0.2, -0.15) is 0 Å². The third-order valence-corrected chi connectivity index (χ3v) is 2.20. The Labute approximate surface area is 73.7 Å². The van der Waals surface area contributed by atoms with Crippen molar-refractivity contribution in [3.05, 3.63) is 18.0 Å². The smallest absolute Gasteiger partial charge is 0.124 e. The van der Waals surface area contributed by atoms with Crippen LogP contribution >= 0.6 is 11.3 Å². The van der Waals surface area contributed by atoms with Crippen molar-refractivity contribution in [3.8, 4) is 11.4 Å². The number of aryl methyl sites for hydroxylation is 1. The molecule has 0 unspecified atom stereocenters. The van der Waals surface area contributed by atoms with E-state index in [1.54, 1.807) is 11.8 Å². The summed E-state index contributed by atoms with van der Waals surface area (Å²) >= 11 is 1.43. The lowest BCUT2D eigenvalue weighted by molar-refractivity contribution is 0.913. The average molecular weight is 180 g/mol. The first-order valence-corrected chi connectivity index (χ1v) is 4.32. The molecule has 5 heteroatoms. The Hall–Kier alpha value is -1.36. The van der Waals surface area contributed by atoms with Crippen LogP contribution in [0.4, 0.5) is 5.00 Å². The average Bonchev–Trinajstić information content (AvgIpc) is 2.58. The third kappa shape index (κ3) is 1.08. The van der Waals surface area contributed by atoms with Gasteiger partial charge in [0.15, 0.2) is 0 Å². The van der Waals surface area contributed by atoms with Gasteiger partial charge in [0.05, 0.1) is 11.8 Å². The normalized spacial score (nSPS) is 10.4. The maximum Gasteiger partial charge on any atom is 0.124 e. The van der Waals surface area contributed by atoms with Gasteiger partial charge in [0.2, 0.25) is 0 Å². The standard InChI is InChI=1S/C7H8N4S/c1-11-2-5(9-3-11)6-7(8)12-4-10-6/h2-4H,8H2,1H3. The monoisotopic (exact) mass is 180 g/mol. The number of aromatic nitrogens is 3. The molecule has 0 aliphatic heterocycles. The second-order valence-electron chi connectivity index (χ2n) is 2.49. The number of hydrogen-bond acceptors (Lipinski definition) is 4. The zero-order valence-corrected chi connectivity index (χ0v) is 7.38. The molecule has 0 atom stereocenters. The maximum absolute atomic E-state index is 5.69. The van der Waals surface area contributed by atoms with E-state index in [9.17, 15) is 0 Å². The molecule has 0 spiro atoms. The summed E-state index contributed by atoms with van der Waals surface area (Å²) in [7, 11) is 1.92. The number of nitrogens with zero attached hydrogens (tertiary/aromatic N) is 3. The van der Waals surface area contributed by atoms with Crippen LogP contribution < -0.4 is 5.73 Å². The van der Waals surface area contributed by atoms with E-state index in [1.807, 2.05) is 17.8 Å². The molecular weight excluding hydrogens is 172 g/mol. The molecular formula is C7H8N4S. The van der Waals surface area contributed by atoms with Crippen LogP contribution in [0.5, 0.6) is 0 Å². The predicted octanol–water partition coefficient (Wildman–Crippen LogP) is 1.13. The highest BCUT2D eigenvalue weighted by atomic mass is 32.1. The van der Waals surface area contributed by atoms with E-state index < -0.39 is 0 Å². The summed E-state index contributed by atoms with van der Waals surface area (Å²) in [6.07, 6.45) is 3.62. The highest BCUT2D eigenvalue weighted by Gasteiger charge is 2.07. The predicted molar refractivity (Wildman–Crippen MR) is 48.7 cm³/mol. The number of rotatable bonds is 1. The molecule has 0 radical (unpaired) electrons. The third-order valence-electron chi connectivity index (χ3n) is 1.54. The summed E-state index contributed by atoms with van der Waals surface area (Å²) in [4.78, 5) is 8.26. The van der Waals surface area contributed by atoms with Gasteiger partial charge in [-0.25, -0.2) is 9.97 Å². The molecule has 0 saturated carbocycles. The summed E-state index contributed by atoms with van der Waals surface area (Å²) in [6, 6.07) is 0. The van der Waals surface area contributed by atoms with E-state index in [2.05, 4.69) is 9.97 Å². The van der Waals surface area contributed by atoms with E-state index in [0.29, 0.717) is 5.00 Å². The van der Waals surface area contributed by atoms with Crippen LogP contribution in [0.1, 0.15) is 0 Å². The number of imidazole rings is 1. The first kappa shape index (κ1) is 7.30. The van der Waals surface area contributed by atoms with Crippen molar-refractivity contribution in [2.45, 2.75) is 0 Å². The van der Waals surface area contributed by atoms with E-state index in [1.165, 1.54) is 11.3 Å². The zero-order chi connectivity index (χ0) is 8.55. The van der Waals surface area contributed by atoms with Gasteiger partial charge in [-0.05, 0) is 0 Å². The minimum Gasteiger partial charge on any atom is -0.389 e. The first-order valence-electron chi connectivity index (χ1n) is 3.44. The highest BCUT2D eigenvalue weighted by Crippen LogP contribution is 2.25. The Morgan fingerprint density at radius 3 is 2.83 bits per heavy atom. The van der Waals surface area contributed by atoms with E-state index in [4.69, 9.17) is 5.73 Å². The fourth-order valence-corrected chi connectivity index (χ4v) is 1.52. The van der Waals surface area contributed by atoms with Crippen LogP contribution in [0, 0.1) is 0 Å². The molecule has 0 aliphatic carbocycles. The molecule has 4 nitrogen and oxygen atoms in total. The van der Waals surface area contributed by atoms with Gasteiger partial charge in [-0.15, -0.1) is 11.3 Å². The lowest BCUT2D eigenvalue weighted by Crippen LogP contribution is -1.85. The van der Waals surface area contributed by atoms with Gasteiger partial charge in [-0.1, -0.05) is 0 Å². The largest absolute Gasteiger partial charge is 0.389 e. The Balaban J connectivity index is 2.50. The second kappa shape index (κ2) is 2.60. The summed E-state index contributed by atoms with van der Waals surface area (Å²) in [5.41, 5.74) is 9.02. The SMILES string of the molecule is Cn1cnc(-c2ncsc2N)c1. The molecule has 12 heavy (non-hydrogen) atoms. The van der Waals surface area contributed by atoms with Crippen LogP contribution in [0.3, 0.4) is 0 Å². The van der Waals surface area contributed by atoms with Crippen LogP contribution in [0.2, 0.25) is 0 Å². The zero-order valence-electron chi connectivity index (χ0n) is 6.56. The molecule has 0 aliphatic rings. The van der Waals surface area contributed by atoms with Gasteiger partial charge in [-0.3, -0.25) is 0 Å². The Bertz CT molecular complexity index is 390. The second-order valence-corrected chi connectivity index (χ2v) is 3.38. The summed E-state index contributed by atoms with van der Waals surface area (Å²) in [5, 5.41) is 0.716. The minimum absolute atomic E-state index is 0.716. The Morgan fingerprint density at radius 1 is 1.50 bits per heavy atom. The summed E-state index contributed by atoms with van der Waals surface area (Å²) in [5.74, 6) is 0. The Morgan fingerprint density at radius 2 is 2.33 bits per heavy atom. The lowest BCUT2D eigenvalue weighted by atomic mass is 10.3. The molecule has 0 fully saturated rings. The molecule has 0 aromatic carbocycles. The van der Waals surface area contributed by atoms with Crippen molar-refractivity contribution in [1.29, 1.82) is 0 Å². The molecule has 0 saturated heterocycles. The van der Waals surface area contributed by atoms with Crippen LogP contribution in [0.25, 0.3) is 11.4 Å². The van der Waals surface area contributed by atoms with Gasteiger partial charge in [0, 0.05) is 13.2 Å². The quantitative estimate of drug-likeness (QED) is 0.715. The van der Waals surface area contributed by atoms with Gasteiger partial charge in [0.1, 0.15) is 16.4 Å². The van der Waals surface area contributed by atoms with Crippen molar-refractivity contribution in [1.82, 2.24) is 14.5 Å². The van der Waals surface area contributed by atoms with Crippen molar-refractivity contribution in [2.75, 3.05) is 5.73 Å². The van der Waals surface area contributed by atoms with Gasteiger partial charge >= 0.3 is 0 Å². The maximum atomic E-state index is 5.69. The summed E-state index contributed by atoms with van der Waals surface area (Å²) < 4.78 is 1.87. The fraction of sp³-hybridized carbons (Fsp3) is 0.143. The van der Waals surface area contributed by atoms with Crippen molar-refractivity contribution >= 4 is 16.3 Å². The Kier molecular flexibility index (Phi) is 1.58. The fourth-order valence-electron chi connectivity index (χ4n) is 0.983. The van der Waals surface area contributed by atoms with Gasteiger partial charge < -0.3 is 10.3 Å². The number of anilines is 1. The topological polar surface area (TPSA) is 56.7 Å². The van der Waals surface area contributed by atoms with Crippen molar-refractivity contribution in [2.24, 2.45) is 7.05 Å². The molecule has 2 N–H and O–H groups in total. The van der Waals surface area contributed by atoms with E-state index in [-0.39, 0.29) is 0 Å². The van der Waals surface area contributed by atoms with Crippen LogP contribution in [0.15, 0.2) is 18.0 Å². The van der Waals surface area contributed by atoms with E-state index >= 15 is 0 Å². The van der Waals surface area contributed by atoms with Crippen molar-refractivity contribution < 1.29 is 0 Å². The van der Waals surface area contributed by atoms with E-state index in [0.717, 1.165) is 11.4 Å². The molecule has 2 aromatic rings. The van der Waals surface area contributed by atoms with Crippen molar-refractivity contribution in [3.63, 3.8) is 0 Å². The molecule has 0 bridgehead atoms. The number of thiazole rings is 1. The minimum atomic E-state index is 0.716. The van der Waals surface area contributed by atoms with Crippen LogP contribution in [-0.4, -0.2) is 14.5 Å². The number of nitrogen functional groups attached to an aromatic ring is 1. The summed E-state index contributed by atoms with van der Waals surface area (Å²) in [6.45, 7) is 0. The van der Waals surface area contributed by atoms with Gasteiger partial charge in [0.25, 0.3) is 0 Å². The lowest BCUT2D eigenvalue weighted by Gasteiger charge is -1.89. The molecule has 62 valence electrons. The first-order chi connectivity index (χ1) is 5.77. The number of hydrogen-bond donors (Lipinski definition) is 1. The molecule has 2 heterocycles.